The lowest BCUT2D eigenvalue weighted by Gasteiger charge is -2.07. The maximum atomic E-state index is 13.5. The highest BCUT2D eigenvalue weighted by molar-refractivity contribution is 6.10. The van der Waals surface area contributed by atoms with E-state index in [2.05, 4.69) is 4.98 Å². The molecule has 0 spiro atoms. The van der Waals surface area contributed by atoms with Gasteiger partial charge in [-0.05, 0) is 24.3 Å². The van der Waals surface area contributed by atoms with E-state index < -0.39 is 23.0 Å². The van der Waals surface area contributed by atoms with Crippen molar-refractivity contribution in [3.63, 3.8) is 0 Å². The fourth-order valence-corrected chi connectivity index (χ4v) is 1.58. The zero-order chi connectivity index (χ0) is 13.1. The molecule has 1 heterocycles. The maximum absolute atomic E-state index is 13.5. The molecule has 1 aromatic carbocycles. The topological polar surface area (TPSA) is 39.2 Å². The highest BCUT2D eigenvalue weighted by Gasteiger charge is 2.22. The van der Waals surface area contributed by atoms with Crippen molar-refractivity contribution in [1.82, 2.24) is 4.98 Å². The number of nitrogens with zero attached hydrogens (tertiary/aromatic N) is 1. The average Bonchev–Trinajstić information content (AvgIpc) is 2.38. The van der Waals surface area contributed by atoms with Gasteiger partial charge in [-0.25, -0.2) is 13.8 Å². The Kier molecular flexibility index (Phi) is 3.32. The first-order valence-electron chi connectivity index (χ1n) is 5.13. The summed E-state index contributed by atoms with van der Waals surface area (Å²) in [6, 6.07) is 6.15. The summed E-state index contributed by atoms with van der Waals surface area (Å²) in [7, 11) is 1.33. The zero-order valence-electron chi connectivity index (χ0n) is 9.48. The van der Waals surface area contributed by atoms with Gasteiger partial charge in [-0.1, -0.05) is 6.07 Å². The second-order valence-corrected chi connectivity index (χ2v) is 3.49. The number of ether oxygens (including phenoxy) is 1. The Labute approximate surface area is 102 Å². The Morgan fingerprint density at radius 3 is 2.44 bits per heavy atom. The molecule has 5 heteroatoms. The Hall–Kier alpha value is -2.30. The first kappa shape index (κ1) is 12.2. The predicted molar refractivity (Wildman–Crippen MR) is 60.6 cm³/mol. The fourth-order valence-electron chi connectivity index (χ4n) is 1.58. The molecular weight excluding hydrogens is 240 g/mol. The fraction of sp³-hybridized carbons (Fsp3) is 0.0769. The summed E-state index contributed by atoms with van der Waals surface area (Å²) >= 11 is 0. The number of pyridine rings is 1. The van der Waals surface area contributed by atoms with E-state index in [0.717, 1.165) is 12.1 Å². The van der Waals surface area contributed by atoms with Gasteiger partial charge < -0.3 is 4.74 Å². The summed E-state index contributed by atoms with van der Waals surface area (Å²) in [5, 5.41) is 0. The summed E-state index contributed by atoms with van der Waals surface area (Å²) in [6.07, 6.45) is 1.42. The van der Waals surface area contributed by atoms with E-state index in [9.17, 15) is 13.6 Å². The van der Waals surface area contributed by atoms with Gasteiger partial charge in [0.05, 0.1) is 18.2 Å². The van der Waals surface area contributed by atoms with E-state index >= 15 is 0 Å². The van der Waals surface area contributed by atoms with Crippen LogP contribution in [-0.4, -0.2) is 17.9 Å². The van der Waals surface area contributed by atoms with Crippen LogP contribution in [0, 0.1) is 11.6 Å². The lowest BCUT2D eigenvalue weighted by molar-refractivity contribution is 0.102. The van der Waals surface area contributed by atoms with Crippen LogP contribution in [0.3, 0.4) is 0 Å². The van der Waals surface area contributed by atoms with Crippen molar-refractivity contribution in [1.29, 1.82) is 0 Å². The molecule has 1 aromatic heterocycles. The number of aromatic nitrogens is 1. The first-order chi connectivity index (χ1) is 8.65. The second kappa shape index (κ2) is 4.91. The smallest absolute Gasteiger partial charge is 0.224 e. The summed E-state index contributed by atoms with van der Waals surface area (Å²) in [5.74, 6) is -2.59. The van der Waals surface area contributed by atoms with E-state index in [-0.39, 0.29) is 11.4 Å². The third kappa shape index (κ3) is 2.07. The van der Waals surface area contributed by atoms with E-state index in [1.165, 1.54) is 31.5 Å². The molecule has 18 heavy (non-hydrogen) atoms. The molecule has 0 aliphatic rings. The summed E-state index contributed by atoms with van der Waals surface area (Å²) in [4.78, 5) is 15.9. The molecule has 0 atom stereocenters. The summed E-state index contributed by atoms with van der Waals surface area (Å²) in [5.41, 5.74) is -0.590. The molecular formula is C13H9F2NO2. The number of methoxy groups -OCH3 is 1. The molecule has 0 radical (unpaired) electrons. The van der Waals surface area contributed by atoms with Crippen LogP contribution >= 0.6 is 0 Å². The predicted octanol–water partition coefficient (Wildman–Crippen LogP) is 2.60. The highest BCUT2D eigenvalue weighted by Crippen LogP contribution is 2.21. The molecule has 0 amide bonds. The van der Waals surface area contributed by atoms with Crippen LogP contribution in [0.15, 0.2) is 36.5 Å². The van der Waals surface area contributed by atoms with Crippen LogP contribution < -0.4 is 4.74 Å². The normalized spacial score (nSPS) is 10.2. The third-order valence-electron chi connectivity index (χ3n) is 2.40. The molecule has 3 nitrogen and oxygen atoms in total. The van der Waals surface area contributed by atoms with E-state index in [1.54, 1.807) is 0 Å². The molecule has 0 aliphatic carbocycles. The van der Waals surface area contributed by atoms with Gasteiger partial charge in [0.1, 0.15) is 11.6 Å². The van der Waals surface area contributed by atoms with Crippen LogP contribution in [0.1, 0.15) is 15.9 Å². The van der Waals surface area contributed by atoms with Gasteiger partial charge in [-0.2, -0.15) is 0 Å². The van der Waals surface area contributed by atoms with Crippen LogP contribution in [0.5, 0.6) is 5.88 Å². The molecule has 2 rings (SSSR count). The monoisotopic (exact) mass is 249 g/mol. The van der Waals surface area contributed by atoms with Gasteiger partial charge in [0.15, 0.2) is 0 Å². The minimum absolute atomic E-state index is 0.0176. The van der Waals surface area contributed by atoms with Gasteiger partial charge >= 0.3 is 0 Å². The van der Waals surface area contributed by atoms with Gasteiger partial charge in [-0.3, -0.25) is 4.79 Å². The Bertz CT molecular complexity index is 579. The van der Waals surface area contributed by atoms with Crippen molar-refractivity contribution in [3.05, 3.63) is 59.3 Å². The summed E-state index contributed by atoms with van der Waals surface area (Å²) in [6.45, 7) is 0. The van der Waals surface area contributed by atoms with Crippen LogP contribution in [0.25, 0.3) is 0 Å². The molecule has 0 fully saturated rings. The second-order valence-electron chi connectivity index (χ2n) is 3.49. The molecule has 0 aliphatic heterocycles. The standard InChI is InChI=1S/C13H9F2NO2/c1-18-13-8(4-3-7-16-13)12(17)11-9(14)5-2-6-10(11)15/h2-7H,1H3. The van der Waals surface area contributed by atoms with E-state index in [0.29, 0.717) is 0 Å². The van der Waals surface area contributed by atoms with Gasteiger partial charge in [-0.15, -0.1) is 0 Å². The third-order valence-corrected chi connectivity index (χ3v) is 2.40. The lowest BCUT2D eigenvalue weighted by atomic mass is 10.0. The van der Waals surface area contributed by atoms with Crippen LogP contribution in [0.4, 0.5) is 8.78 Å². The Morgan fingerprint density at radius 1 is 1.17 bits per heavy atom. The number of halogens is 2. The van der Waals surface area contributed by atoms with Crippen molar-refractivity contribution in [2.75, 3.05) is 7.11 Å². The van der Waals surface area contributed by atoms with Gasteiger partial charge in [0, 0.05) is 6.20 Å². The molecule has 0 saturated carbocycles. The molecule has 0 bridgehead atoms. The Morgan fingerprint density at radius 2 is 1.83 bits per heavy atom. The largest absolute Gasteiger partial charge is 0.480 e. The first-order valence-corrected chi connectivity index (χ1v) is 5.13. The van der Waals surface area contributed by atoms with Crippen molar-refractivity contribution < 1.29 is 18.3 Å². The molecule has 2 aromatic rings. The van der Waals surface area contributed by atoms with Crippen molar-refractivity contribution in [3.8, 4) is 5.88 Å². The summed E-state index contributed by atoms with van der Waals surface area (Å²) < 4.78 is 31.9. The maximum Gasteiger partial charge on any atom is 0.224 e. The Balaban J connectivity index is 2.55. The number of hydrogen-bond acceptors (Lipinski definition) is 3. The minimum atomic E-state index is -0.911. The molecule has 0 unspecified atom stereocenters. The number of benzene rings is 1. The quantitative estimate of drug-likeness (QED) is 0.785. The van der Waals surface area contributed by atoms with Crippen molar-refractivity contribution in [2.45, 2.75) is 0 Å². The van der Waals surface area contributed by atoms with Crippen molar-refractivity contribution in [2.24, 2.45) is 0 Å². The van der Waals surface area contributed by atoms with Gasteiger partial charge in [0.2, 0.25) is 11.7 Å². The SMILES string of the molecule is COc1ncccc1C(=O)c1c(F)cccc1F. The van der Waals surface area contributed by atoms with E-state index in [4.69, 9.17) is 4.74 Å². The average molecular weight is 249 g/mol. The molecule has 92 valence electrons. The number of ketones is 1. The minimum Gasteiger partial charge on any atom is -0.480 e. The van der Waals surface area contributed by atoms with Crippen LogP contribution in [-0.2, 0) is 0 Å². The molecule has 0 saturated heterocycles. The van der Waals surface area contributed by atoms with E-state index in [1.807, 2.05) is 0 Å². The number of carbonyl (C=O) groups is 1. The lowest BCUT2D eigenvalue weighted by Crippen LogP contribution is -2.09. The number of rotatable bonds is 3. The van der Waals surface area contributed by atoms with Crippen molar-refractivity contribution >= 4 is 5.78 Å². The highest BCUT2D eigenvalue weighted by atomic mass is 19.1. The number of hydrogen-bond donors (Lipinski definition) is 0. The zero-order valence-corrected chi connectivity index (χ0v) is 9.48. The molecule has 0 N–H and O–H groups in total. The van der Waals surface area contributed by atoms with Gasteiger partial charge in [0.25, 0.3) is 0 Å². The number of carbonyl (C=O) groups excluding carboxylic acids is 1. The van der Waals surface area contributed by atoms with Crippen LogP contribution in [0.2, 0.25) is 0 Å².